The summed E-state index contributed by atoms with van der Waals surface area (Å²) in [6.45, 7) is 10.7. The fourth-order valence-electron chi connectivity index (χ4n) is 2.99. The van der Waals surface area contributed by atoms with Gasteiger partial charge in [0.05, 0.1) is 18.6 Å². The van der Waals surface area contributed by atoms with Crippen molar-refractivity contribution in [2.45, 2.75) is 46.6 Å². The summed E-state index contributed by atoms with van der Waals surface area (Å²) < 4.78 is 5.15. The lowest BCUT2D eigenvalue weighted by atomic mass is 9.81. The Morgan fingerprint density at radius 3 is 2.10 bits per heavy atom. The lowest BCUT2D eigenvalue weighted by Gasteiger charge is -2.38. The summed E-state index contributed by atoms with van der Waals surface area (Å²) in [6.07, 6.45) is 0.360. The van der Waals surface area contributed by atoms with Crippen molar-refractivity contribution < 1.29 is 9.53 Å². The first-order valence-corrected chi connectivity index (χ1v) is 7.13. The minimum atomic E-state index is -0.353. The van der Waals surface area contributed by atoms with E-state index in [0.29, 0.717) is 13.0 Å². The third-order valence-electron chi connectivity index (χ3n) is 4.00. The fraction of sp³-hybridized carbons (Fsp3) is 0.588. The van der Waals surface area contributed by atoms with E-state index >= 15 is 0 Å². The molecule has 1 aromatic carbocycles. The average Bonchev–Trinajstić information content (AvgIpc) is 2.26. The van der Waals surface area contributed by atoms with Crippen molar-refractivity contribution >= 4 is 5.97 Å². The Bertz CT molecular complexity index is 471. The molecule has 0 bridgehead atoms. The molecule has 20 heavy (non-hydrogen) atoms. The zero-order valence-corrected chi connectivity index (χ0v) is 13.8. The molecule has 0 fully saturated rings. The molecular weight excluding hydrogens is 250 g/mol. The Kier molecular flexibility index (Phi) is 5.35. The number of nitrogens with zero attached hydrogens (tertiary/aromatic N) is 1. The normalized spacial score (nSPS) is 14.2. The summed E-state index contributed by atoms with van der Waals surface area (Å²) >= 11 is 0. The van der Waals surface area contributed by atoms with Gasteiger partial charge in [0.15, 0.2) is 0 Å². The molecule has 0 spiro atoms. The number of esters is 1. The minimum Gasteiger partial charge on any atom is -0.466 e. The molecule has 0 saturated carbocycles. The van der Waals surface area contributed by atoms with Gasteiger partial charge in [0, 0.05) is 0 Å². The fourth-order valence-corrected chi connectivity index (χ4v) is 2.99. The van der Waals surface area contributed by atoms with E-state index in [1.807, 2.05) is 21.0 Å². The summed E-state index contributed by atoms with van der Waals surface area (Å²) in [5.41, 5.74) is 4.57. The summed E-state index contributed by atoms with van der Waals surface area (Å²) in [6, 6.07) is 4.35. The predicted molar refractivity (Wildman–Crippen MR) is 82.9 cm³/mol. The highest BCUT2D eigenvalue weighted by atomic mass is 16.5. The molecule has 1 aromatic rings. The first-order valence-electron chi connectivity index (χ1n) is 7.13. The molecule has 1 atom stereocenters. The molecule has 1 rings (SSSR count). The van der Waals surface area contributed by atoms with Crippen LogP contribution in [-0.4, -0.2) is 31.6 Å². The van der Waals surface area contributed by atoms with Gasteiger partial charge in [-0.1, -0.05) is 17.7 Å². The Labute approximate surface area is 122 Å². The lowest BCUT2D eigenvalue weighted by molar-refractivity contribution is -0.146. The van der Waals surface area contributed by atoms with Crippen LogP contribution in [0.1, 0.15) is 42.5 Å². The average molecular weight is 277 g/mol. The molecule has 112 valence electrons. The highest BCUT2D eigenvalue weighted by Crippen LogP contribution is 2.35. The highest BCUT2D eigenvalue weighted by Gasteiger charge is 2.35. The molecule has 0 amide bonds. The Morgan fingerprint density at radius 1 is 1.20 bits per heavy atom. The molecule has 0 aliphatic carbocycles. The van der Waals surface area contributed by atoms with E-state index in [1.54, 1.807) is 0 Å². The van der Waals surface area contributed by atoms with Crippen molar-refractivity contribution in [3.63, 3.8) is 0 Å². The van der Waals surface area contributed by atoms with Gasteiger partial charge in [-0.2, -0.15) is 0 Å². The van der Waals surface area contributed by atoms with Gasteiger partial charge in [-0.3, -0.25) is 9.69 Å². The second-order valence-electron chi connectivity index (χ2n) is 5.92. The van der Waals surface area contributed by atoms with E-state index < -0.39 is 0 Å². The first kappa shape index (κ1) is 16.7. The van der Waals surface area contributed by atoms with Crippen LogP contribution in [0.5, 0.6) is 0 Å². The molecule has 3 nitrogen and oxygen atoms in total. The van der Waals surface area contributed by atoms with Crippen molar-refractivity contribution in [1.82, 2.24) is 4.90 Å². The number of rotatable bonds is 5. The number of benzene rings is 1. The quantitative estimate of drug-likeness (QED) is 0.773. The molecule has 0 aliphatic heterocycles. The summed E-state index contributed by atoms with van der Waals surface area (Å²) in [7, 11) is 4.02. The van der Waals surface area contributed by atoms with Crippen molar-refractivity contribution in [3.05, 3.63) is 34.4 Å². The standard InChI is InChI=1S/C17H27NO2/c1-8-20-15(19)11-17(5,18(6)7)16-13(3)9-12(2)10-14(16)4/h9-10H,8,11H2,1-7H3. The third-order valence-corrected chi connectivity index (χ3v) is 4.00. The van der Waals surface area contributed by atoms with Gasteiger partial charge in [0.1, 0.15) is 0 Å². The zero-order chi connectivity index (χ0) is 15.5. The van der Waals surface area contributed by atoms with Gasteiger partial charge in [-0.15, -0.1) is 0 Å². The van der Waals surface area contributed by atoms with Crippen LogP contribution in [0.3, 0.4) is 0 Å². The van der Waals surface area contributed by atoms with E-state index in [-0.39, 0.29) is 11.5 Å². The van der Waals surface area contributed by atoms with Crippen LogP contribution in [0.25, 0.3) is 0 Å². The first-order chi connectivity index (χ1) is 9.22. The lowest BCUT2D eigenvalue weighted by Crippen LogP contribution is -2.42. The van der Waals surface area contributed by atoms with Crippen LogP contribution in [-0.2, 0) is 15.1 Å². The van der Waals surface area contributed by atoms with Crippen molar-refractivity contribution in [3.8, 4) is 0 Å². The Balaban J connectivity index is 3.30. The van der Waals surface area contributed by atoms with E-state index in [1.165, 1.54) is 22.3 Å². The Morgan fingerprint density at radius 2 is 1.70 bits per heavy atom. The van der Waals surface area contributed by atoms with Gasteiger partial charge in [0.2, 0.25) is 0 Å². The van der Waals surface area contributed by atoms with Crippen molar-refractivity contribution in [2.24, 2.45) is 0 Å². The molecule has 0 aromatic heterocycles. The zero-order valence-electron chi connectivity index (χ0n) is 13.8. The molecule has 0 radical (unpaired) electrons. The van der Waals surface area contributed by atoms with Crippen LogP contribution < -0.4 is 0 Å². The number of hydrogen-bond donors (Lipinski definition) is 0. The SMILES string of the molecule is CCOC(=O)CC(C)(c1c(C)cc(C)cc1C)N(C)C. The van der Waals surface area contributed by atoms with Crippen molar-refractivity contribution in [2.75, 3.05) is 20.7 Å². The smallest absolute Gasteiger partial charge is 0.307 e. The van der Waals surface area contributed by atoms with E-state index in [4.69, 9.17) is 4.74 Å². The van der Waals surface area contributed by atoms with E-state index in [9.17, 15) is 4.79 Å². The minimum absolute atomic E-state index is 0.150. The third kappa shape index (κ3) is 3.40. The molecule has 0 saturated heterocycles. The number of hydrogen-bond acceptors (Lipinski definition) is 3. The van der Waals surface area contributed by atoms with Crippen molar-refractivity contribution in [1.29, 1.82) is 0 Å². The monoisotopic (exact) mass is 277 g/mol. The van der Waals surface area contributed by atoms with Gasteiger partial charge in [0.25, 0.3) is 0 Å². The molecular formula is C17H27NO2. The summed E-state index contributed by atoms with van der Waals surface area (Å²) in [5, 5.41) is 0. The molecule has 0 heterocycles. The van der Waals surface area contributed by atoms with Crippen LogP contribution in [0, 0.1) is 20.8 Å². The number of aryl methyl sites for hydroxylation is 3. The summed E-state index contributed by atoms with van der Waals surface area (Å²) in [5.74, 6) is -0.150. The van der Waals surface area contributed by atoms with Gasteiger partial charge in [-0.25, -0.2) is 0 Å². The number of ether oxygens (including phenoxy) is 1. The predicted octanol–water partition coefficient (Wildman–Crippen LogP) is 3.34. The largest absolute Gasteiger partial charge is 0.466 e. The van der Waals surface area contributed by atoms with Gasteiger partial charge >= 0.3 is 5.97 Å². The van der Waals surface area contributed by atoms with Gasteiger partial charge in [-0.05, 0) is 65.4 Å². The molecule has 0 aliphatic rings. The number of carbonyl (C=O) groups is 1. The molecule has 0 N–H and O–H groups in total. The van der Waals surface area contributed by atoms with E-state index in [0.717, 1.165) is 0 Å². The van der Waals surface area contributed by atoms with E-state index in [2.05, 4.69) is 44.7 Å². The maximum absolute atomic E-state index is 12.0. The number of carbonyl (C=O) groups excluding carboxylic acids is 1. The summed E-state index contributed by atoms with van der Waals surface area (Å²) in [4.78, 5) is 14.1. The van der Waals surface area contributed by atoms with Crippen LogP contribution in [0.2, 0.25) is 0 Å². The maximum Gasteiger partial charge on any atom is 0.307 e. The topological polar surface area (TPSA) is 29.5 Å². The second-order valence-corrected chi connectivity index (χ2v) is 5.92. The van der Waals surface area contributed by atoms with Crippen LogP contribution in [0.15, 0.2) is 12.1 Å². The molecule has 3 heteroatoms. The molecule has 1 unspecified atom stereocenters. The highest BCUT2D eigenvalue weighted by molar-refractivity contribution is 5.71. The second kappa shape index (κ2) is 6.40. The van der Waals surface area contributed by atoms with Gasteiger partial charge < -0.3 is 4.74 Å². The maximum atomic E-state index is 12.0. The Hall–Kier alpha value is -1.35. The van der Waals surface area contributed by atoms with Crippen LogP contribution in [0.4, 0.5) is 0 Å². The van der Waals surface area contributed by atoms with Crippen LogP contribution >= 0.6 is 0 Å².